The van der Waals surface area contributed by atoms with E-state index in [-0.39, 0.29) is 5.91 Å². The Morgan fingerprint density at radius 1 is 1.07 bits per heavy atom. The SMILES string of the molecule is O=C(C[NH+]1CC[NH+](Cc2ccc3c(c2)CCO3)CC1)Nc1cccc(Cl)c1Cl. The van der Waals surface area contributed by atoms with Gasteiger partial charge < -0.3 is 19.9 Å². The third-order valence-electron chi connectivity index (χ3n) is 5.51. The van der Waals surface area contributed by atoms with Gasteiger partial charge in [-0.1, -0.05) is 29.3 Å². The summed E-state index contributed by atoms with van der Waals surface area (Å²) in [5.74, 6) is 1.01. The molecule has 1 amide bonds. The van der Waals surface area contributed by atoms with Gasteiger partial charge in [0, 0.05) is 12.0 Å². The maximum absolute atomic E-state index is 12.4. The molecule has 2 heterocycles. The summed E-state index contributed by atoms with van der Waals surface area (Å²) in [5.41, 5.74) is 3.27. The Labute approximate surface area is 175 Å². The molecule has 5 nitrogen and oxygen atoms in total. The molecule has 0 radical (unpaired) electrons. The van der Waals surface area contributed by atoms with Crippen molar-refractivity contribution in [1.29, 1.82) is 0 Å². The quantitative estimate of drug-likeness (QED) is 0.670. The van der Waals surface area contributed by atoms with Crippen molar-refractivity contribution in [1.82, 2.24) is 0 Å². The van der Waals surface area contributed by atoms with Gasteiger partial charge in [-0.15, -0.1) is 0 Å². The van der Waals surface area contributed by atoms with Crippen LogP contribution in [0.2, 0.25) is 10.0 Å². The minimum absolute atomic E-state index is 0.0266. The highest BCUT2D eigenvalue weighted by Crippen LogP contribution is 2.29. The van der Waals surface area contributed by atoms with E-state index in [1.165, 1.54) is 16.0 Å². The average Bonchev–Trinajstić information content (AvgIpc) is 3.15. The standard InChI is InChI=1S/C21H23Cl2N3O2/c22-17-2-1-3-18(21(17)23)24-20(27)14-26-9-7-25(8-10-26)13-15-4-5-19-16(12-15)6-11-28-19/h1-5,12H,6-11,13-14H2,(H,24,27)/p+2. The zero-order valence-corrected chi connectivity index (χ0v) is 17.2. The third-order valence-corrected chi connectivity index (χ3v) is 6.33. The topological polar surface area (TPSA) is 47.2 Å². The van der Waals surface area contributed by atoms with Crippen molar-refractivity contribution in [2.75, 3.05) is 44.6 Å². The van der Waals surface area contributed by atoms with Gasteiger partial charge in [0.25, 0.3) is 5.91 Å². The number of quaternary nitrogens is 2. The van der Waals surface area contributed by atoms with Gasteiger partial charge in [0.2, 0.25) is 0 Å². The van der Waals surface area contributed by atoms with Crippen molar-refractivity contribution in [3.05, 3.63) is 57.6 Å². The fraction of sp³-hybridized carbons (Fsp3) is 0.381. The van der Waals surface area contributed by atoms with Crippen molar-refractivity contribution >= 4 is 34.8 Å². The minimum atomic E-state index is -0.0266. The van der Waals surface area contributed by atoms with E-state index in [1.807, 2.05) is 0 Å². The summed E-state index contributed by atoms with van der Waals surface area (Å²) in [5, 5.41) is 3.72. The highest BCUT2D eigenvalue weighted by Gasteiger charge is 2.25. The second kappa shape index (κ2) is 8.70. The number of benzene rings is 2. The number of halogens is 2. The summed E-state index contributed by atoms with van der Waals surface area (Å²) in [4.78, 5) is 15.3. The molecule has 7 heteroatoms. The summed E-state index contributed by atoms with van der Waals surface area (Å²) >= 11 is 12.2. The lowest BCUT2D eigenvalue weighted by Gasteiger charge is -2.29. The lowest BCUT2D eigenvalue weighted by Crippen LogP contribution is -3.28. The van der Waals surface area contributed by atoms with Crippen LogP contribution >= 0.6 is 23.2 Å². The second-order valence-electron chi connectivity index (χ2n) is 7.54. The van der Waals surface area contributed by atoms with E-state index in [0.29, 0.717) is 22.3 Å². The molecule has 0 aromatic heterocycles. The van der Waals surface area contributed by atoms with Gasteiger partial charge >= 0.3 is 0 Å². The Balaban J connectivity index is 1.25. The maximum atomic E-state index is 12.4. The van der Waals surface area contributed by atoms with Crippen LogP contribution in [0.1, 0.15) is 11.1 Å². The van der Waals surface area contributed by atoms with Gasteiger partial charge in [0.05, 0.1) is 22.3 Å². The van der Waals surface area contributed by atoms with Crippen LogP contribution in [0.15, 0.2) is 36.4 Å². The van der Waals surface area contributed by atoms with Crippen LogP contribution in [0, 0.1) is 0 Å². The van der Waals surface area contributed by atoms with Gasteiger partial charge in [0.15, 0.2) is 6.54 Å². The molecule has 3 N–H and O–H groups in total. The van der Waals surface area contributed by atoms with E-state index in [0.717, 1.165) is 51.5 Å². The number of carbonyl (C=O) groups excluding carboxylic acids is 1. The van der Waals surface area contributed by atoms with Crippen LogP contribution in [0.4, 0.5) is 5.69 Å². The highest BCUT2D eigenvalue weighted by atomic mass is 35.5. The summed E-state index contributed by atoms with van der Waals surface area (Å²) in [7, 11) is 0. The normalized spacial score (nSPS) is 21.1. The summed E-state index contributed by atoms with van der Waals surface area (Å²) in [6.45, 7) is 6.38. The lowest BCUT2D eigenvalue weighted by atomic mass is 10.1. The third kappa shape index (κ3) is 4.61. The molecule has 2 aromatic rings. The van der Waals surface area contributed by atoms with E-state index in [4.69, 9.17) is 27.9 Å². The number of hydrogen-bond donors (Lipinski definition) is 3. The van der Waals surface area contributed by atoms with Crippen molar-refractivity contribution < 1.29 is 19.3 Å². The predicted molar refractivity (Wildman–Crippen MR) is 111 cm³/mol. The van der Waals surface area contributed by atoms with E-state index in [2.05, 4.69) is 23.5 Å². The molecular formula is C21H25Cl2N3O2+2. The van der Waals surface area contributed by atoms with Crippen LogP contribution in [0.5, 0.6) is 5.75 Å². The minimum Gasteiger partial charge on any atom is -0.493 e. The Bertz CT molecular complexity index is 867. The first-order valence-corrected chi connectivity index (χ1v) is 10.5. The Morgan fingerprint density at radius 3 is 2.68 bits per heavy atom. The monoisotopic (exact) mass is 421 g/mol. The molecule has 2 aromatic carbocycles. The molecule has 0 saturated carbocycles. The Morgan fingerprint density at radius 2 is 1.86 bits per heavy atom. The molecule has 0 unspecified atom stereocenters. The molecular weight excluding hydrogens is 397 g/mol. The first-order valence-electron chi connectivity index (χ1n) is 9.74. The van der Waals surface area contributed by atoms with Gasteiger partial charge in [-0.25, -0.2) is 0 Å². The van der Waals surface area contributed by atoms with Crippen molar-refractivity contribution in [3.8, 4) is 5.75 Å². The van der Waals surface area contributed by atoms with Crippen LogP contribution in [-0.4, -0.2) is 45.2 Å². The summed E-state index contributed by atoms with van der Waals surface area (Å²) < 4.78 is 5.59. The molecule has 28 heavy (non-hydrogen) atoms. The number of fused-ring (bicyclic) bond motifs is 1. The molecule has 2 aliphatic heterocycles. The van der Waals surface area contributed by atoms with E-state index < -0.39 is 0 Å². The lowest BCUT2D eigenvalue weighted by molar-refractivity contribution is -1.02. The first kappa shape index (κ1) is 19.5. The molecule has 0 atom stereocenters. The summed E-state index contributed by atoms with van der Waals surface area (Å²) in [6.07, 6.45) is 1.02. The molecule has 0 aliphatic carbocycles. The largest absolute Gasteiger partial charge is 0.493 e. The smallest absolute Gasteiger partial charge is 0.279 e. The zero-order chi connectivity index (χ0) is 19.5. The van der Waals surface area contributed by atoms with Crippen molar-refractivity contribution in [2.24, 2.45) is 0 Å². The van der Waals surface area contributed by atoms with Gasteiger partial charge in [0.1, 0.15) is 38.5 Å². The molecule has 148 valence electrons. The number of carbonyl (C=O) groups is 1. The fourth-order valence-electron chi connectivity index (χ4n) is 3.97. The molecule has 4 rings (SSSR count). The van der Waals surface area contributed by atoms with Crippen LogP contribution in [-0.2, 0) is 17.8 Å². The summed E-state index contributed by atoms with van der Waals surface area (Å²) in [6, 6.07) is 11.8. The number of piperazine rings is 1. The first-order chi connectivity index (χ1) is 13.6. The molecule has 0 bridgehead atoms. The van der Waals surface area contributed by atoms with Crippen molar-refractivity contribution in [2.45, 2.75) is 13.0 Å². The average molecular weight is 422 g/mol. The van der Waals surface area contributed by atoms with E-state index >= 15 is 0 Å². The number of ether oxygens (including phenoxy) is 1. The number of amides is 1. The molecule has 1 saturated heterocycles. The van der Waals surface area contributed by atoms with Crippen LogP contribution in [0.25, 0.3) is 0 Å². The number of hydrogen-bond acceptors (Lipinski definition) is 2. The van der Waals surface area contributed by atoms with Crippen LogP contribution < -0.4 is 19.9 Å². The fourth-order valence-corrected chi connectivity index (χ4v) is 4.32. The number of nitrogens with one attached hydrogen (secondary N) is 3. The molecule has 2 aliphatic rings. The highest BCUT2D eigenvalue weighted by molar-refractivity contribution is 6.43. The van der Waals surface area contributed by atoms with E-state index in [9.17, 15) is 4.79 Å². The van der Waals surface area contributed by atoms with Gasteiger partial charge in [-0.3, -0.25) is 4.79 Å². The van der Waals surface area contributed by atoms with Crippen molar-refractivity contribution in [3.63, 3.8) is 0 Å². The maximum Gasteiger partial charge on any atom is 0.279 e. The van der Waals surface area contributed by atoms with Gasteiger partial charge in [-0.05, 0) is 35.9 Å². The number of anilines is 1. The predicted octanol–water partition coefficient (Wildman–Crippen LogP) is 0.850. The molecule has 0 spiro atoms. The zero-order valence-electron chi connectivity index (χ0n) is 15.7. The number of rotatable bonds is 5. The molecule has 1 fully saturated rings. The van der Waals surface area contributed by atoms with E-state index in [1.54, 1.807) is 23.1 Å². The van der Waals surface area contributed by atoms with Crippen LogP contribution in [0.3, 0.4) is 0 Å². The Hall–Kier alpha value is -1.79. The Kier molecular flexibility index (Phi) is 6.07. The van der Waals surface area contributed by atoms with Gasteiger partial charge in [-0.2, -0.15) is 0 Å². The second-order valence-corrected chi connectivity index (χ2v) is 8.33.